The molecule has 1 aliphatic rings. The molecule has 1 heterocycles. The molecule has 0 atom stereocenters. The van der Waals surface area contributed by atoms with Crippen LogP contribution in [0.2, 0.25) is 0 Å². The van der Waals surface area contributed by atoms with Crippen LogP contribution >= 0.6 is 11.3 Å². The number of para-hydroxylation sites is 1. The third kappa shape index (κ3) is 7.43. The summed E-state index contributed by atoms with van der Waals surface area (Å²) in [7, 11) is 4.29. The van der Waals surface area contributed by atoms with Gasteiger partial charge in [0.05, 0.1) is 5.54 Å². The number of carbonyl (C=O) groups is 2. The molecule has 196 valence electrons. The van der Waals surface area contributed by atoms with Gasteiger partial charge in [-0.1, -0.05) is 36.4 Å². The average Bonchev–Trinajstić information content (AvgIpc) is 3.45. The summed E-state index contributed by atoms with van der Waals surface area (Å²) in [5.74, 6) is 1.45. The first-order chi connectivity index (χ1) is 17.9. The molecule has 0 spiro atoms. The Bertz CT molecular complexity index is 1120. The molecule has 2 amide bonds. The smallest absolute Gasteiger partial charge is 0.220 e. The normalized spacial score (nSPS) is 19.4. The van der Waals surface area contributed by atoms with Gasteiger partial charge in [-0.2, -0.15) is 0 Å². The fourth-order valence-corrected chi connectivity index (χ4v) is 6.07. The Morgan fingerprint density at radius 2 is 1.59 bits per heavy atom. The third-order valence-electron chi connectivity index (χ3n) is 7.23. The van der Waals surface area contributed by atoms with E-state index >= 15 is 0 Å². The molecule has 0 unspecified atom stereocenters. The second-order valence-corrected chi connectivity index (χ2v) is 10.9. The number of amides is 2. The minimum absolute atomic E-state index is 0.0392. The zero-order valence-electron chi connectivity index (χ0n) is 21.7. The van der Waals surface area contributed by atoms with Gasteiger partial charge in [0.15, 0.2) is 0 Å². The second kappa shape index (κ2) is 12.9. The lowest BCUT2D eigenvalue weighted by Crippen LogP contribution is -2.48. The summed E-state index contributed by atoms with van der Waals surface area (Å²) in [6.07, 6.45) is 5.09. The van der Waals surface area contributed by atoms with Crippen molar-refractivity contribution >= 4 is 23.2 Å². The van der Waals surface area contributed by atoms with Gasteiger partial charge in [0.1, 0.15) is 11.5 Å². The Kier molecular flexibility index (Phi) is 9.36. The Balaban J connectivity index is 1.12. The molecule has 1 fully saturated rings. The van der Waals surface area contributed by atoms with Gasteiger partial charge in [-0.25, -0.2) is 0 Å². The van der Waals surface area contributed by atoms with E-state index in [-0.39, 0.29) is 36.2 Å². The highest BCUT2D eigenvalue weighted by Crippen LogP contribution is 2.43. The summed E-state index contributed by atoms with van der Waals surface area (Å²) in [5.41, 5.74) is 1.18. The van der Waals surface area contributed by atoms with Crippen LogP contribution in [-0.4, -0.2) is 43.4 Å². The standard InChI is InChI=1S/C30H37N3O3S/c1-33(2)30(27-9-6-22-37-27)19-16-24(17-20-30)32-29(35)15-14-28(34)31-21-18-23-10-12-26(13-11-23)36-25-7-4-3-5-8-25/h3-13,22,24H,14-21H2,1-2H3,(H,31,34)(H,32,35). The van der Waals surface area contributed by atoms with E-state index in [0.717, 1.165) is 49.2 Å². The van der Waals surface area contributed by atoms with Crippen LogP contribution in [0.5, 0.6) is 11.5 Å². The van der Waals surface area contributed by atoms with Gasteiger partial charge in [-0.15, -0.1) is 11.3 Å². The first-order valence-corrected chi connectivity index (χ1v) is 13.9. The van der Waals surface area contributed by atoms with Crippen molar-refractivity contribution in [2.45, 2.75) is 56.5 Å². The summed E-state index contributed by atoms with van der Waals surface area (Å²) < 4.78 is 5.81. The van der Waals surface area contributed by atoms with E-state index in [1.165, 1.54) is 4.88 Å². The summed E-state index contributed by atoms with van der Waals surface area (Å²) >= 11 is 1.81. The molecule has 1 saturated carbocycles. The van der Waals surface area contributed by atoms with Crippen molar-refractivity contribution in [2.24, 2.45) is 0 Å². The van der Waals surface area contributed by atoms with Crippen molar-refractivity contribution in [3.63, 3.8) is 0 Å². The van der Waals surface area contributed by atoms with Crippen LogP contribution < -0.4 is 15.4 Å². The van der Waals surface area contributed by atoms with E-state index in [4.69, 9.17) is 4.74 Å². The highest BCUT2D eigenvalue weighted by atomic mass is 32.1. The van der Waals surface area contributed by atoms with Crippen molar-refractivity contribution in [2.75, 3.05) is 20.6 Å². The lowest BCUT2D eigenvalue weighted by Gasteiger charge is -2.44. The number of hydrogen-bond acceptors (Lipinski definition) is 5. The van der Waals surface area contributed by atoms with Crippen LogP contribution in [0.1, 0.15) is 49.0 Å². The van der Waals surface area contributed by atoms with Gasteiger partial charge in [-0.3, -0.25) is 14.5 Å². The molecule has 0 radical (unpaired) electrons. The fraction of sp³-hybridized carbons (Fsp3) is 0.400. The Morgan fingerprint density at radius 1 is 0.919 bits per heavy atom. The van der Waals surface area contributed by atoms with Crippen LogP contribution in [0.3, 0.4) is 0 Å². The summed E-state index contributed by atoms with van der Waals surface area (Å²) in [5, 5.41) is 8.22. The van der Waals surface area contributed by atoms with E-state index in [1.807, 2.05) is 65.9 Å². The predicted octanol–water partition coefficient (Wildman–Crippen LogP) is 5.50. The highest BCUT2D eigenvalue weighted by Gasteiger charge is 2.39. The molecule has 0 bridgehead atoms. The second-order valence-electron chi connectivity index (χ2n) is 9.90. The zero-order chi connectivity index (χ0) is 26.1. The fourth-order valence-electron chi connectivity index (χ4n) is 5.01. The lowest BCUT2D eigenvalue weighted by atomic mass is 9.77. The minimum atomic E-state index is -0.0906. The van der Waals surface area contributed by atoms with Crippen molar-refractivity contribution in [3.8, 4) is 11.5 Å². The van der Waals surface area contributed by atoms with Crippen LogP contribution in [0.15, 0.2) is 72.1 Å². The summed E-state index contributed by atoms with van der Waals surface area (Å²) in [4.78, 5) is 28.5. The number of carbonyl (C=O) groups excluding carboxylic acids is 2. The van der Waals surface area contributed by atoms with E-state index in [1.54, 1.807) is 0 Å². The van der Waals surface area contributed by atoms with Crippen LogP contribution in [-0.2, 0) is 21.5 Å². The van der Waals surface area contributed by atoms with Crippen molar-refractivity contribution in [3.05, 3.63) is 82.6 Å². The van der Waals surface area contributed by atoms with E-state index < -0.39 is 0 Å². The van der Waals surface area contributed by atoms with E-state index in [0.29, 0.717) is 6.54 Å². The number of hydrogen-bond donors (Lipinski definition) is 2. The molecule has 1 aliphatic carbocycles. The Morgan fingerprint density at radius 3 is 2.24 bits per heavy atom. The average molecular weight is 520 g/mol. The number of rotatable bonds is 11. The molecule has 4 rings (SSSR count). The topological polar surface area (TPSA) is 70.7 Å². The summed E-state index contributed by atoms with van der Waals surface area (Å²) in [6, 6.07) is 22.1. The molecule has 3 aromatic rings. The highest BCUT2D eigenvalue weighted by molar-refractivity contribution is 7.10. The first-order valence-electron chi connectivity index (χ1n) is 13.0. The molecular weight excluding hydrogens is 482 g/mol. The molecule has 7 heteroatoms. The molecular formula is C30H37N3O3S. The maximum Gasteiger partial charge on any atom is 0.220 e. The molecule has 37 heavy (non-hydrogen) atoms. The number of ether oxygens (including phenoxy) is 1. The first kappa shape index (κ1) is 26.9. The Labute approximate surface area is 224 Å². The van der Waals surface area contributed by atoms with Crippen LogP contribution in [0.25, 0.3) is 0 Å². The number of nitrogens with one attached hydrogen (secondary N) is 2. The van der Waals surface area contributed by atoms with Crippen LogP contribution in [0, 0.1) is 0 Å². The number of nitrogens with zero attached hydrogens (tertiary/aromatic N) is 1. The van der Waals surface area contributed by atoms with Gasteiger partial charge in [0.2, 0.25) is 11.8 Å². The summed E-state index contributed by atoms with van der Waals surface area (Å²) in [6.45, 7) is 0.539. The predicted molar refractivity (Wildman–Crippen MR) is 149 cm³/mol. The molecule has 1 aromatic heterocycles. The van der Waals surface area contributed by atoms with Gasteiger partial charge in [-0.05, 0) is 87.5 Å². The SMILES string of the molecule is CN(C)C1(c2cccs2)CCC(NC(=O)CCC(=O)NCCc2ccc(Oc3ccccc3)cc2)CC1. The van der Waals surface area contributed by atoms with Gasteiger partial charge in [0, 0.05) is 30.3 Å². The van der Waals surface area contributed by atoms with Gasteiger partial charge in [0.25, 0.3) is 0 Å². The maximum absolute atomic E-state index is 12.5. The largest absolute Gasteiger partial charge is 0.457 e. The van der Waals surface area contributed by atoms with Gasteiger partial charge < -0.3 is 15.4 Å². The van der Waals surface area contributed by atoms with E-state index in [9.17, 15) is 9.59 Å². The lowest BCUT2D eigenvalue weighted by molar-refractivity contribution is -0.127. The maximum atomic E-state index is 12.5. The monoisotopic (exact) mass is 519 g/mol. The Hall–Kier alpha value is -3.16. The molecule has 0 aliphatic heterocycles. The molecule has 2 aromatic carbocycles. The third-order valence-corrected chi connectivity index (χ3v) is 8.29. The number of thiophene rings is 1. The van der Waals surface area contributed by atoms with Crippen molar-refractivity contribution in [1.82, 2.24) is 15.5 Å². The van der Waals surface area contributed by atoms with E-state index in [2.05, 4.69) is 47.1 Å². The zero-order valence-corrected chi connectivity index (χ0v) is 22.6. The quantitative estimate of drug-likeness (QED) is 0.351. The van der Waals surface area contributed by atoms with Crippen molar-refractivity contribution < 1.29 is 14.3 Å². The van der Waals surface area contributed by atoms with Crippen LogP contribution in [0.4, 0.5) is 0 Å². The number of benzene rings is 2. The minimum Gasteiger partial charge on any atom is -0.457 e. The molecule has 0 saturated heterocycles. The van der Waals surface area contributed by atoms with Crippen molar-refractivity contribution in [1.29, 1.82) is 0 Å². The molecule has 2 N–H and O–H groups in total. The molecule has 6 nitrogen and oxygen atoms in total. The van der Waals surface area contributed by atoms with Gasteiger partial charge >= 0.3 is 0 Å².